The highest BCUT2D eigenvalue weighted by Crippen LogP contribution is 2.23. The van der Waals surface area contributed by atoms with Crippen LogP contribution in [0.15, 0.2) is 42.5 Å². The second-order valence-corrected chi connectivity index (χ2v) is 4.83. The number of hydrogen-bond donors (Lipinski definition) is 1. The lowest BCUT2D eigenvalue weighted by Crippen LogP contribution is -2.21. The van der Waals surface area contributed by atoms with Gasteiger partial charge in [-0.3, -0.25) is 4.79 Å². The fourth-order valence-corrected chi connectivity index (χ4v) is 2.07. The molecule has 1 amide bonds. The van der Waals surface area contributed by atoms with Gasteiger partial charge in [0.15, 0.2) is 6.61 Å². The van der Waals surface area contributed by atoms with Crippen LogP contribution >= 0.6 is 11.6 Å². The summed E-state index contributed by atoms with van der Waals surface area (Å²) >= 11 is 5.75. The molecule has 0 aromatic heterocycles. The molecule has 0 unspecified atom stereocenters. The number of esters is 1. The first-order chi connectivity index (χ1) is 11.0. The number of carbonyl (C=O) groups excluding carboxylic acids is 2. The molecule has 0 heterocycles. The van der Waals surface area contributed by atoms with Crippen molar-refractivity contribution in [1.82, 2.24) is 0 Å². The Morgan fingerprint density at radius 3 is 2.61 bits per heavy atom. The first-order valence-corrected chi connectivity index (χ1v) is 6.94. The van der Waals surface area contributed by atoms with Gasteiger partial charge in [-0.15, -0.1) is 0 Å². The molecule has 2 aromatic carbocycles. The molecule has 0 saturated carbocycles. The Kier molecular flexibility index (Phi) is 5.54. The van der Waals surface area contributed by atoms with Gasteiger partial charge in [0.1, 0.15) is 17.1 Å². The molecule has 2 rings (SSSR count). The minimum absolute atomic E-state index is 0.0832. The van der Waals surface area contributed by atoms with Gasteiger partial charge in [0.25, 0.3) is 5.91 Å². The first-order valence-electron chi connectivity index (χ1n) is 6.57. The molecule has 0 aliphatic heterocycles. The molecule has 0 atom stereocenters. The van der Waals surface area contributed by atoms with E-state index in [0.29, 0.717) is 11.4 Å². The SMILES string of the molecule is COc1ccccc1NC(=O)COC(=O)c1c(F)cccc1Cl. The summed E-state index contributed by atoms with van der Waals surface area (Å²) in [5.41, 5.74) is 0.0271. The summed E-state index contributed by atoms with van der Waals surface area (Å²) in [4.78, 5) is 23.6. The van der Waals surface area contributed by atoms with Gasteiger partial charge in [-0.2, -0.15) is 0 Å². The molecule has 0 aliphatic carbocycles. The largest absolute Gasteiger partial charge is 0.495 e. The first kappa shape index (κ1) is 16.8. The monoisotopic (exact) mass is 337 g/mol. The van der Waals surface area contributed by atoms with Crippen molar-refractivity contribution >= 4 is 29.2 Å². The van der Waals surface area contributed by atoms with Crippen LogP contribution < -0.4 is 10.1 Å². The van der Waals surface area contributed by atoms with E-state index in [1.54, 1.807) is 24.3 Å². The van der Waals surface area contributed by atoms with Crippen molar-refractivity contribution in [3.8, 4) is 5.75 Å². The zero-order valence-electron chi connectivity index (χ0n) is 12.1. The number of carbonyl (C=O) groups is 2. The molecule has 0 spiro atoms. The van der Waals surface area contributed by atoms with E-state index in [-0.39, 0.29) is 5.02 Å². The molecule has 0 aliphatic rings. The number of nitrogens with one attached hydrogen (secondary N) is 1. The van der Waals surface area contributed by atoms with Gasteiger partial charge in [0.05, 0.1) is 17.8 Å². The van der Waals surface area contributed by atoms with E-state index in [4.69, 9.17) is 21.1 Å². The zero-order valence-corrected chi connectivity index (χ0v) is 12.9. The Labute approximate surface area is 137 Å². The lowest BCUT2D eigenvalue weighted by Gasteiger charge is -2.10. The zero-order chi connectivity index (χ0) is 16.8. The van der Waals surface area contributed by atoms with Gasteiger partial charge in [0.2, 0.25) is 0 Å². The van der Waals surface area contributed by atoms with E-state index in [2.05, 4.69) is 5.32 Å². The number of ether oxygens (including phenoxy) is 2. The van der Waals surface area contributed by atoms with Crippen molar-refractivity contribution in [2.75, 3.05) is 19.0 Å². The molecule has 0 fully saturated rings. The molecule has 0 radical (unpaired) electrons. The standard InChI is InChI=1S/C16H13ClFNO4/c1-22-13-8-3-2-7-12(13)19-14(20)9-23-16(21)15-10(17)5-4-6-11(15)18/h2-8H,9H2,1H3,(H,19,20). The Morgan fingerprint density at radius 2 is 1.91 bits per heavy atom. The van der Waals surface area contributed by atoms with Gasteiger partial charge in [-0.25, -0.2) is 9.18 Å². The smallest absolute Gasteiger partial charge is 0.343 e. The Bertz CT molecular complexity index is 716. The highest BCUT2D eigenvalue weighted by Gasteiger charge is 2.18. The summed E-state index contributed by atoms with van der Waals surface area (Å²) in [6, 6.07) is 10.6. The fraction of sp³-hybridized carbons (Fsp3) is 0.125. The van der Waals surface area contributed by atoms with Crippen molar-refractivity contribution in [3.05, 3.63) is 58.9 Å². The summed E-state index contributed by atoms with van der Waals surface area (Å²) in [5.74, 6) is -1.95. The molecule has 5 nitrogen and oxygen atoms in total. The minimum atomic E-state index is -1.01. The Balaban J connectivity index is 1.98. The predicted molar refractivity (Wildman–Crippen MR) is 83.3 cm³/mol. The molecule has 2 aromatic rings. The quantitative estimate of drug-likeness (QED) is 0.850. The number of methoxy groups -OCH3 is 1. The molecule has 7 heteroatoms. The van der Waals surface area contributed by atoms with Crippen LogP contribution in [0.1, 0.15) is 10.4 Å². The van der Waals surface area contributed by atoms with Crippen LogP contribution in [0, 0.1) is 5.82 Å². The average Bonchev–Trinajstić information content (AvgIpc) is 2.53. The van der Waals surface area contributed by atoms with Crippen LogP contribution in [0.4, 0.5) is 10.1 Å². The van der Waals surface area contributed by atoms with Gasteiger partial charge in [-0.1, -0.05) is 29.8 Å². The summed E-state index contributed by atoms with van der Waals surface area (Å²) in [6.07, 6.45) is 0. The maximum atomic E-state index is 13.6. The molecule has 1 N–H and O–H groups in total. The maximum absolute atomic E-state index is 13.6. The van der Waals surface area contributed by atoms with Crippen molar-refractivity contribution in [3.63, 3.8) is 0 Å². The molecular formula is C16H13ClFNO4. The number of amides is 1. The van der Waals surface area contributed by atoms with Crippen molar-refractivity contribution < 1.29 is 23.5 Å². The van der Waals surface area contributed by atoms with Crippen molar-refractivity contribution in [2.45, 2.75) is 0 Å². The molecule has 0 bridgehead atoms. The number of hydrogen-bond acceptors (Lipinski definition) is 4. The van der Waals surface area contributed by atoms with Crippen molar-refractivity contribution in [1.29, 1.82) is 0 Å². The van der Waals surface area contributed by atoms with E-state index < -0.39 is 29.9 Å². The summed E-state index contributed by atoms with van der Waals surface area (Å²) in [7, 11) is 1.46. The third-order valence-electron chi connectivity index (χ3n) is 2.88. The van der Waals surface area contributed by atoms with Gasteiger partial charge >= 0.3 is 5.97 Å². The molecule has 23 heavy (non-hydrogen) atoms. The minimum Gasteiger partial charge on any atom is -0.495 e. The normalized spacial score (nSPS) is 10.0. The van der Waals surface area contributed by atoms with Crippen LogP contribution in [0.3, 0.4) is 0 Å². The Morgan fingerprint density at radius 1 is 1.17 bits per heavy atom. The van der Waals surface area contributed by atoms with E-state index in [0.717, 1.165) is 6.07 Å². The molecular weight excluding hydrogens is 325 g/mol. The topological polar surface area (TPSA) is 64.6 Å². The van der Waals surface area contributed by atoms with Crippen LogP contribution in [-0.2, 0) is 9.53 Å². The number of anilines is 1. The number of halogens is 2. The molecule has 0 saturated heterocycles. The highest BCUT2D eigenvalue weighted by molar-refractivity contribution is 6.33. The van der Waals surface area contributed by atoms with E-state index in [9.17, 15) is 14.0 Å². The number of rotatable bonds is 5. The van der Waals surface area contributed by atoms with Crippen LogP contribution in [0.2, 0.25) is 5.02 Å². The van der Waals surface area contributed by atoms with Crippen LogP contribution in [-0.4, -0.2) is 25.6 Å². The Hall–Kier alpha value is -2.60. The lowest BCUT2D eigenvalue weighted by molar-refractivity contribution is -0.119. The van der Waals surface area contributed by atoms with Gasteiger partial charge in [-0.05, 0) is 24.3 Å². The van der Waals surface area contributed by atoms with Gasteiger partial charge in [0, 0.05) is 0 Å². The van der Waals surface area contributed by atoms with E-state index in [1.807, 2.05) is 0 Å². The predicted octanol–water partition coefficient (Wildman–Crippen LogP) is 3.28. The summed E-state index contributed by atoms with van der Waals surface area (Å²) < 4.78 is 23.4. The average molecular weight is 338 g/mol. The third-order valence-corrected chi connectivity index (χ3v) is 3.20. The second-order valence-electron chi connectivity index (χ2n) is 4.42. The third kappa shape index (κ3) is 4.20. The highest BCUT2D eigenvalue weighted by atomic mass is 35.5. The maximum Gasteiger partial charge on any atom is 0.343 e. The van der Waals surface area contributed by atoms with E-state index >= 15 is 0 Å². The van der Waals surface area contributed by atoms with Crippen LogP contribution in [0.5, 0.6) is 5.75 Å². The fourth-order valence-electron chi connectivity index (χ4n) is 1.83. The van der Waals surface area contributed by atoms with Gasteiger partial charge < -0.3 is 14.8 Å². The molecule has 120 valence electrons. The summed E-state index contributed by atoms with van der Waals surface area (Å²) in [6.45, 7) is -0.582. The van der Waals surface area contributed by atoms with Crippen LogP contribution in [0.25, 0.3) is 0 Å². The van der Waals surface area contributed by atoms with Crippen molar-refractivity contribution in [2.24, 2.45) is 0 Å². The number of benzene rings is 2. The summed E-state index contributed by atoms with van der Waals surface area (Å²) in [5, 5.41) is 2.45. The number of para-hydroxylation sites is 2. The second kappa shape index (κ2) is 7.60. The lowest BCUT2D eigenvalue weighted by atomic mass is 10.2. The van der Waals surface area contributed by atoms with E-state index in [1.165, 1.54) is 19.2 Å².